The quantitative estimate of drug-likeness (QED) is 0.524. The average Bonchev–Trinajstić information content (AvgIpc) is 2.85. The molecule has 5 N–H and O–H groups in total. The van der Waals surface area contributed by atoms with E-state index in [0.29, 0.717) is 0 Å². The standard InChI is InChI=1S/C11H14N4O5/c1-3-7(16)11(2,18)8(19-3)5-4-6(20-15-5)9(17)14-10(12)13-4/h3,7-8,16,18H,1-2H3,(H3,12,13,14,17)/t3-,7-,8+,11-/m1/s1. The summed E-state index contributed by atoms with van der Waals surface area (Å²) in [6, 6.07) is 0. The number of ether oxygens (including phenoxy) is 1. The molecule has 0 saturated carbocycles. The fourth-order valence-electron chi connectivity index (χ4n) is 2.45. The van der Waals surface area contributed by atoms with Gasteiger partial charge in [-0.25, -0.2) is 4.98 Å². The number of fused-ring (bicyclic) bond motifs is 1. The Morgan fingerprint density at radius 1 is 1.50 bits per heavy atom. The first-order valence-electron chi connectivity index (χ1n) is 6.03. The molecule has 2 aromatic heterocycles. The van der Waals surface area contributed by atoms with Gasteiger partial charge in [0.15, 0.2) is 0 Å². The summed E-state index contributed by atoms with van der Waals surface area (Å²) in [6.07, 6.45) is -2.66. The molecule has 9 nitrogen and oxygen atoms in total. The van der Waals surface area contributed by atoms with Gasteiger partial charge in [-0.15, -0.1) is 0 Å². The zero-order chi connectivity index (χ0) is 14.7. The van der Waals surface area contributed by atoms with Crippen molar-refractivity contribution in [3.05, 3.63) is 16.0 Å². The number of hydrogen-bond acceptors (Lipinski definition) is 8. The highest BCUT2D eigenvalue weighted by Gasteiger charge is 2.53. The molecule has 3 heterocycles. The Labute approximate surface area is 112 Å². The minimum atomic E-state index is -1.58. The SMILES string of the molecule is C[C@H]1O[C@@H](c2noc3c(=O)[nH]c(N)nc23)[C@](C)(O)[C@@H]1O. The molecule has 0 bridgehead atoms. The maximum absolute atomic E-state index is 11.7. The molecule has 1 aliphatic heterocycles. The van der Waals surface area contributed by atoms with Crippen LogP contribution in [0.4, 0.5) is 5.95 Å². The topological polar surface area (TPSA) is 147 Å². The maximum Gasteiger partial charge on any atom is 0.298 e. The van der Waals surface area contributed by atoms with Crippen LogP contribution in [0.3, 0.4) is 0 Å². The third-order valence-corrected chi connectivity index (χ3v) is 3.55. The van der Waals surface area contributed by atoms with Gasteiger partial charge in [0, 0.05) is 0 Å². The molecule has 2 aromatic rings. The molecular weight excluding hydrogens is 268 g/mol. The van der Waals surface area contributed by atoms with Gasteiger partial charge in [-0.05, 0) is 13.8 Å². The van der Waals surface area contributed by atoms with Gasteiger partial charge in [-0.1, -0.05) is 5.16 Å². The molecular formula is C11H14N4O5. The van der Waals surface area contributed by atoms with Crippen molar-refractivity contribution in [2.75, 3.05) is 5.73 Å². The van der Waals surface area contributed by atoms with Gasteiger partial charge >= 0.3 is 0 Å². The lowest BCUT2D eigenvalue weighted by Crippen LogP contribution is -2.41. The van der Waals surface area contributed by atoms with Gasteiger partial charge in [0.1, 0.15) is 29.0 Å². The normalized spacial score (nSPS) is 33.9. The van der Waals surface area contributed by atoms with Crippen molar-refractivity contribution in [3.8, 4) is 0 Å². The molecule has 108 valence electrons. The smallest absolute Gasteiger partial charge is 0.298 e. The van der Waals surface area contributed by atoms with Crippen molar-refractivity contribution in [1.82, 2.24) is 15.1 Å². The second-order valence-electron chi connectivity index (χ2n) is 5.09. The Kier molecular flexibility index (Phi) is 2.61. The highest BCUT2D eigenvalue weighted by atomic mass is 16.6. The van der Waals surface area contributed by atoms with Gasteiger partial charge in [0.2, 0.25) is 5.95 Å². The molecule has 20 heavy (non-hydrogen) atoms. The molecule has 4 atom stereocenters. The first-order chi connectivity index (χ1) is 9.32. The number of nitrogens with one attached hydrogen (secondary N) is 1. The number of anilines is 1. The van der Waals surface area contributed by atoms with Crippen molar-refractivity contribution >= 4 is 17.0 Å². The Bertz CT molecular complexity index is 721. The predicted octanol–water partition coefficient (Wildman–Crippen LogP) is -0.935. The number of hydrogen-bond donors (Lipinski definition) is 4. The number of aromatic nitrogens is 3. The Morgan fingerprint density at radius 3 is 2.80 bits per heavy atom. The molecule has 3 rings (SSSR count). The fourth-order valence-corrected chi connectivity index (χ4v) is 2.45. The minimum Gasteiger partial charge on any atom is -0.387 e. The van der Waals surface area contributed by atoms with E-state index in [4.69, 9.17) is 15.0 Å². The molecule has 0 unspecified atom stereocenters. The lowest BCUT2D eigenvalue weighted by molar-refractivity contribution is -0.0663. The molecule has 0 amide bonds. The third-order valence-electron chi connectivity index (χ3n) is 3.55. The van der Waals surface area contributed by atoms with Crippen LogP contribution in [0.5, 0.6) is 0 Å². The first-order valence-corrected chi connectivity index (χ1v) is 6.03. The lowest BCUT2D eigenvalue weighted by Gasteiger charge is -2.24. The molecule has 0 aliphatic carbocycles. The summed E-state index contributed by atoms with van der Waals surface area (Å²) in [6.45, 7) is 3.04. The maximum atomic E-state index is 11.7. The van der Waals surface area contributed by atoms with Crippen LogP contribution in [0.25, 0.3) is 11.1 Å². The van der Waals surface area contributed by atoms with Crippen LogP contribution >= 0.6 is 0 Å². The van der Waals surface area contributed by atoms with Crippen LogP contribution in [0.2, 0.25) is 0 Å². The van der Waals surface area contributed by atoms with Crippen LogP contribution in [-0.4, -0.2) is 43.1 Å². The number of nitrogens with zero attached hydrogens (tertiary/aromatic N) is 2. The number of nitrogen functional groups attached to an aromatic ring is 1. The van der Waals surface area contributed by atoms with E-state index < -0.39 is 29.5 Å². The van der Waals surface area contributed by atoms with E-state index in [1.807, 2.05) is 0 Å². The van der Waals surface area contributed by atoms with Crippen LogP contribution < -0.4 is 11.3 Å². The number of aliphatic hydroxyl groups is 2. The first kappa shape index (κ1) is 13.0. The summed E-state index contributed by atoms with van der Waals surface area (Å²) in [7, 11) is 0. The summed E-state index contributed by atoms with van der Waals surface area (Å²) in [4.78, 5) is 17.9. The molecule has 0 radical (unpaired) electrons. The van der Waals surface area contributed by atoms with Crippen LogP contribution in [0, 0.1) is 0 Å². The van der Waals surface area contributed by atoms with Gasteiger partial charge in [0.25, 0.3) is 11.1 Å². The molecule has 1 aliphatic rings. The Balaban J connectivity index is 2.19. The third kappa shape index (κ3) is 1.64. The summed E-state index contributed by atoms with van der Waals surface area (Å²) < 4.78 is 10.4. The van der Waals surface area contributed by atoms with E-state index in [1.54, 1.807) is 6.92 Å². The number of rotatable bonds is 1. The largest absolute Gasteiger partial charge is 0.387 e. The summed E-state index contributed by atoms with van der Waals surface area (Å²) in [5.74, 6) is -0.0989. The fraction of sp³-hybridized carbons (Fsp3) is 0.545. The molecule has 0 aromatic carbocycles. The summed E-state index contributed by atoms with van der Waals surface area (Å²) >= 11 is 0. The van der Waals surface area contributed by atoms with E-state index in [-0.39, 0.29) is 22.7 Å². The lowest BCUT2D eigenvalue weighted by atomic mass is 9.91. The molecule has 1 saturated heterocycles. The number of H-pyrrole nitrogens is 1. The van der Waals surface area contributed by atoms with Crippen LogP contribution in [-0.2, 0) is 4.74 Å². The molecule has 0 spiro atoms. The van der Waals surface area contributed by atoms with E-state index in [0.717, 1.165) is 0 Å². The number of aromatic amines is 1. The average molecular weight is 282 g/mol. The van der Waals surface area contributed by atoms with Gasteiger partial charge in [-0.2, -0.15) is 0 Å². The number of nitrogens with two attached hydrogens (primary N) is 1. The van der Waals surface area contributed by atoms with Crippen molar-refractivity contribution < 1.29 is 19.5 Å². The van der Waals surface area contributed by atoms with Crippen molar-refractivity contribution in [3.63, 3.8) is 0 Å². The highest BCUT2D eigenvalue weighted by molar-refractivity contribution is 5.75. The van der Waals surface area contributed by atoms with E-state index >= 15 is 0 Å². The zero-order valence-electron chi connectivity index (χ0n) is 10.8. The van der Waals surface area contributed by atoms with Crippen molar-refractivity contribution in [1.29, 1.82) is 0 Å². The Morgan fingerprint density at radius 2 is 2.20 bits per heavy atom. The van der Waals surface area contributed by atoms with Crippen LogP contribution in [0.15, 0.2) is 9.32 Å². The highest BCUT2D eigenvalue weighted by Crippen LogP contribution is 2.42. The summed E-state index contributed by atoms with van der Waals surface area (Å²) in [5.41, 5.74) is 3.46. The van der Waals surface area contributed by atoms with Crippen molar-refractivity contribution in [2.24, 2.45) is 0 Å². The van der Waals surface area contributed by atoms with Gasteiger partial charge in [-0.3, -0.25) is 9.78 Å². The second kappa shape index (κ2) is 4.01. The molecule has 9 heteroatoms. The zero-order valence-corrected chi connectivity index (χ0v) is 10.8. The second-order valence-corrected chi connectivity index (χ2v) is 5.09. The van der Waals surface area contributed by atoms with E-state index in [2.05, 4.69) is 15.1 Å². The number of aliphatic hydroxyl groups excluding tert-OH is 1. The van der Waals surface area contributed by atoms with Gasteiger partial charge in [0.05, 0.1) is 6.10 Å². The van der Waals surface area contributed by atoms with E-state index in [9.17, 15) is 15.0 Å². The Hall–Kier alpha value is -1.97. The van der Waals surface area contributed by atoms with Crippen LogP contribution in [0.1, 0.15) is 25.6 Å². The van der Waals surface area contributed by atoms with Crippen molar-refractivity contribution in [2.45, 2.75) is 37.8 Å². The predicted molar refractivity (Wildman–Crippen MR) is 66.8 cm³/mol. The van der Waals surface area contributed by atoms with E-state index in [1.165, 1.54) is 6.92 Å². The minimum absolute atomic E-state index is 0.0989. The monoisotopic (exact) mass is 282 g/mol. The molecule has 1 fully saturated rings. The summed E-state index contributed by atoms with van der Waals surface area (Å²) in [5, 5.41) is 24.0. The van der Waals surface area contributed by atoms with Gasteiger partial charge < -0.3 is 25.2 Å².